The SMILES string of the molecule is CCOC(=O)CNC(=O)N1CC2CCCC2C1. The molecule has 96 valence electrons. The molecule has 5 nitrogen and oxygen atoms in total. The van der Waals surface area contributed by atoms with Gasteiger partial charge in [0.05, 0.1) is 6.61 Å². The lowest BCUT2D eigenvalue weighted by Gasteiger charge is -2.17. The molecule has 1 saturated heterocycles. The summed E-state index contributed by atoms with van der Waals surface area (Å²) in [7, 11) is 0. The summed E-state index contributed by atoms with van der Waals surface area (Å²) in [5.41, 5.74) is 0. The minimum atomic E-state index is -0.375. The first-order valence-electron chi connectivity index (χ1n) is 6.39. The lowest BCUT2D eigenvalue weighted by atomic mass is 10.0. The lowest BCUT2D eigenvalue weighted by Crippen LogP contribution is -2.41. The van der Waals surface area contributed by atoms with Crippen LogP contribution in [0.1, 0.15) is 26.2 Å². The molecular formula is C12H20N2O3. The number of carbonyl (C=O) groups is 2. The maximum atomic E-state index is 11.8. The number of amides is 2. The van der Waals surface area contributed by atoms with E-state index in [2.05, 4.69) is 5.32 Å². The van der Waals surface area contributed by atoms with Gasteiger partial charge in [0.15, 0.2) is 0 Å². The Kier molecular flexibility index (Phi) is 3.86. The molecule has 2 unspecified atom stereocenters. The van der Waals surface area contributed by atoms with Gasteiger partial charge in [0.1, 0.15) is 6.54 Å². The molecule has 1 N–H and O–H groups in total. The zero-order valence-corrected chi connectivity index (χ0v) is 10.3. The van der Waals surface area contributed by atoms with Gasteiger partial charge in [0, 0.05) is 13.1 Å². The molecule has 5 heteroatoms. The maximum Gasteiger partial charge on any atom is 0.325 e. The number of hydrogen-bond donors (Lipinski definition) is 1. The number of urea groups is 1. The van der Waals surface area contributed by atoms with Crippen molar-refractivity contribution in [3.63, 3.8) is 0 Å². The Morgan fingerprint density at radius 1 is 1.29 bits per heavy atom. The molecule has 1 heterocycles. The molecule has 0 radical (unpaired) electrons. The number of nitrogens with one attached hydrogen (secondary N) is 1. The van der Waals surface area contributed by atoms with Crippen LogP contribution >= 0.6 is 0 Å². The molecule has 0 aromatic carbocycles. The van der Waals surface area contributed by atoms with Crippen LogP contribution in [0.5, 0.6) is 0 Å². The molecule has 2 atom stereocenters. The summed E-state index contributed by atoms with van der Waals surface area (Å²) in [5, 5.41) is 2.61. The largest absolute Gasteiger partial charge is 0.465 e. The van der Waals surface area contributed by atoms with Crippen LogP contribution in [0.15, 0.2) is 0 Å². The number of rotatable bonds is 3. The first-order valence-corrected chi connectivity index (χ1v) is 6.39. The van der Waals surface area contributed by atoms with Gasteiger partial charge >= 0.3 is 12.0 Å². The van der Waals surface area contributed by atoms with Gasteiger partial charge in [-0.2, -0.15) is 0 Å². The normalized spacial score (nSPS) is 26.8. The molecule has 0 aromatic heterocycles. The molecule has 2 aliphatic rings. The molecule has 2 rings (SSSR count). The minimum Gasteiger partial charge on any atom is -0.465 e. The summed E-state index contributed by atoms with van der Waals surface area (Å²) in [6.07, 6.45) is 3.78. The van der Waals surface area contributed by atoms with Crippen molar-refractivity contribution in [2.24, 2.45) is 11.8 Å². The molecule has 2 amide bonds. The van der Waals surface area contributed by atoms with E-state index < -0.39 is 0 Å². The van der Waals surface area contributed by atoms with E-state index in [1.165, 1.54) is 19.3 Å². The van der Waals surface area contributed by atoms with E-state index >= 15 is 0 Å². The molecule has 1 saturated carbocycles. The van der Waals surface area contributed by atoms with E-state index in [-0.39, 0.29) is 18.5 Å². The third-order valence-electron chi connectivity index (χ3n) is 3.70. The number of hydrogen-bond acceptors (Lipinski definition) is 3. The summed E-state index contributed by atoms with van der Waals surface area (Å²) in [6, 6.07) is -0.132. The molecule has 17 heavy (non-hydrogen) atoms. The number of esters is 1. The highest BCUT2D eigenvalue weighted by molar-refractivity contribution is 5.81. The maximum absolute atomic E-state index is 11.8. The Hall–Kier alpha value is -1.26. The van der Waals surface area contributed by atoms with Crippen LogP contribution in [0.25, 0.3) is 0 Å². The van der Waals surface area contributed by atoms with Crippen molar-refractivity contribution in [2.75, 3.05) is 26.2 Å². The fraction of sp³-hybridized carbons (Fsp3) is 0.833. The second-order valence-electron chi connectivity index (χ2n) is 4.82. The first-order chi connectivity index (χ1) is 8.20. The Labute approximate surface area is 101 Å². The van der Waals surface area contributed by atoms with Crippen LogP contribution < -0.4 is 5.32 Å². The molecule has 0 bridgehead atoms. The third kappa shape index (κ3) is 2.90. The van der Waals surface area contributed by atoms with Gasteiger partial charge in [-0.25, -0.2) is 4.79 Å². The van der Waals surface area contributed by atoms with Crippen LogP contribution in [-0.2, 0) is 9.53 Å². The first kappa shape index (κ1) is 12.2. The fourth-order valence-corrected chi connectivity index (χ4v) is 2.87. The molecule has 1 aliphatic heterocycles. The monoisotopic (exact) mass is 240 g/mol. The van der Waals surface area contributed by atoms with Crippen LogP contribution in [-0.4, -0.2) is 43.1 Å². The van der Waals surface area contributed by atoms with Crippen molar-refractivity contribution in [1.29, 1.82) is 0 Å². The number of ether oxygens (including phenoxy) is 1. The van der Waals surface area contributed by atoms with E-state index in [1.807, 2.05) is 4.90 Å². The van der Waals surface area contributed by atoms with Crippen molar-refractivity contribution in [3.8, 4) is 0 Å². The Morgan fingerprint density at radius 2 is 1.94 bits per heavy atom. The van der Waals surface area contributed by atoms with Crippen LogP contribution in [0.4, 0.5) is 4.79 Å². The number of carbonyl (C=O) groups excluding carboxylic acids is 2. The lowest BCUT2D eigenvalue weighted by molar-refractivity contribution is -0.141. The topological polar surface area (TPSA) is 58.6 Å². The number of likely N-dealkylation sites (tertiary alicyclic amines) is 1. The second-order valence-corrected chi connectivity index (χ2v) is 4.82. The van der Waals surface area contributed by atoms with Crippen molar-refractivity contribution >= 4 is 12.0 Å². The van der Waals surface area contributed by atoms with Gasteiger partial charge in [-0.15, -0.1) is 0 Å². The average molecular weight is 240 g/mol. The van der Waals surface area contributed by atoms with Crippen molar-refractivity contribution in [1.82, 2.24) is 10.2 Å². The quantitative estimate of drug-likeness (QED) is 0.748. The van der Waals surface area contributed by atoms with Gasteiger partial charge < -0.3 is 15.0 Å². The van der Waals surface area contributed by atoms with Crippen molar-refractivity contribution in [3.05, 3.63) is 0 Å². The standard InChI is InChI=1S/C12H20N2O3/c1-2-17-11(15)6-13-12(16)14-7-9-4-3-5-10(9)8-14/h9-10H,2-8H2,1H3,(H,13,16). The van der Waals surface area contributed by atoms with Gasteiger partial charge in [-0.05, 0) is 31.6 Å². The van der Waals surface area contributed by atoms with E-state index in [9.17, 15) is 9.59 Å². The highest BCUT2D eigenvalue weighted by Crippen LogP contribution is 2.37. The summed E-state index contributed by atoms with van der Waals surface area (Å²) in [5.74, 6) is 0.993. The van der Waals surface area contributed by atoms with Crippen LogP contribution in [0.3, 0.4) is 0 Å². The van der Waals surface area contributed by atoms with Crippen molar-refractivity contribution in [2.45, 2.75) is 26.2 Å². The van der Waals surface area contributed by atoms with Crippen LogP contribution in [0, 0.1) is 11.8 Å². The molecule has 0 aromatic rings. The van der Waals surface area contributed by atoms with Gasteiger partial charge in [-0.3, -0.25) is 4.79 Å². The van der Waals surface area contributed by atoms with E-state index in [1.54, 1.807) is 6.92 Å². The summed E-state index contributed by atoms with van der Waals surface area (Å²) < 4.78 is 4.76. The zero-order chi connectivity index (χ0) is 12.3. The highest BCUT2D eigenvalue weighted by atomic mass is 16.5. The Balaban J connectivity index is 1.72. The minimum absolute atomic E-state index is 0.0293. The number of nitrogens with zero attached hydrogens (tertiary/aromatic N) is 1. The van der Waals surface area contributed by atoms with Gasteiger partial charge in [0.25, 0.3) is 0 Å². The Morgan fingerprint density at radius 3 is 2.53 bits per heavy atom. The van der Waals surface area contributed by atoms with E-state index in [0.717, 1.165) is 13.1 Å². The summed E-state index contributed by atoms with van der Waals surface area (Å²) in [4.78, 5) is 24.7. The predicted molar refractivity (Wildman–Crippen MR) is 62.4 cm³/mol. The smallest absolute Gasteiger partial charge is 0.325 e. The Bertz CT molecular complexity index is 294. The van der Waals surface area contributed by atoms with Gasteiger partial charge in [0.2, 0.25) is 0 Å². The van der Waals surface area contributed by atoms with Crippen molar-refractivity contribution < 1.29 is 14.3 Å². The summed E-state index contributed by atoms with van der Waals surface area (Å²) >= 11 is 0. The number of fused-ring (bicyclic) bond motifs is 1. The van der Waals surface area contributed by atoms with E-state index in [0.29, 0.717) is 18.4 Å². The third-order valence-corrected chi connectivity index (χ3v) is 3.70. The molecule has 2 fully saturated rings. The average Bonchev–Trinajstić information content (AvgIpc) is 2.86. The van der Waals surface area contributed by atoms with E-state index in [4.69, 9.17) is 4.74 Å². The zero-order valence-electron chi connectivity index (χ0n) is 10.3. The molecule has 0 spiro atoms. The second kappa shape index (κ2) is 5.38. The fourth-order valence-electron chi connectivity index (χ4n) is 2.87. The summed E-state index contributed by atoms with van der Waals surface area (Å²) in [6.45, 7) is 3.76. The van der Waals surface area contributed by atoms with Gasteiger partial charge in [-0.1, -0.05) is 6.42 Å². The molecular weight excluding hydrogens is 220 g/mol. The predicted octanol–water partition coefficient (Wildman–Crippen LogP) is 0.991. The highest BCUT2D eigenvalue weighted by Gasteiger charge is 2.37. The van der Waals surface area contributed by atoms with Crippen LogP contribution in [0.2, 0.25) is 0 Å². The molecule has 1 aliphatic carbocycles.